The number of benzene rings is 3. The molecule has 1 N–H and O–H groups in total. The van der Waals surface area contributed by atoms with Crippen molar-refractivity contribution in [3.63, 3.8) is 0 Å². The fourth-order valence-electron chi connectivity index (χ4n) is 3.93. The van der Waals surface area contributed by atoms with Gasteiger partial charge in [-0.3, -0.25) is 4.79 Å². The van der Waals surface area contributed by atoms with E-state index in [-0.39, 0.29) is 23.6 Å². The Morgan fingerprint density at radius 1 is 0.879 bits per heavy atom. The van der Waals surface area contributed by atoms with Crippen LogP contribution in [0.4, 0.5) is 8.78 Å². The monoisotopic (exact) mass is 445 g/mol. The lowest BCUT2D eigenvalue weighted by molar-refractivity contribution is 0.0858. The Kier molecular flexibility index (Phi) is 5.79. The Morgan fingerprint density at radius 3 is 2.06 bits per heavy atom. The van der Waals surface area contributed by atoms with E-state index in [1.165, 1.54) is 24.3 Å². The maximum Gasteiger partial charge on any atom is 0.251 e. The topological polar surface area (TPSA) is 64.1 Å². The zero-order chi connectivity index (χ0) is 22.8. The molecule has 1 fully saturated rings. The molecule has 0 radical (unpaired) electrons. The minimum Gasteiger partial charge on any atom is -0.376 e. The molecule has 1 amide bonds. The molecule has 1 aromatic heterocycles. The number of halogens is 2. The van der Waals surface area contributed by atoms with Gasteiger partial charge in [0.15, 0.2) is 0 Å². The van der Waals surface area contributed by atoms with Crippen LogP contribution in [0.15, 0.2) is 66.7 Å². The molecule has 4 aromatic rings. The van der Waals surface area contributed by atoms with Crippen molar-refractivity contribution in [3.05, 3.63) is 83.9 Å². The SMILES string of the molecule is O=C(NCC1CCCO1)c1ccc2nc(-c3ccc(F)cc3)c(-c3ccc(F)cc3)nc2c1. The molecule has 1 saturated heterocycles. The Balaban J connectivity index is 1.54. The first-order chi connectivity index (χ1) is 16.1. The van der Waals surface area contributed by atoms with Gasteiger partial charge >= 0.3 is 0 Å². The molecule has 0 bridgehead atoms. The highest BCUT2D eigenvalue weighted by atomic mass is 19.1. The summed E-state index contributed by atoms with van der Waals surface area (Å²) in [5, 5.41) is 2.91. The van der Waals surface area contributed by atoms with Crippen LogP contribution in [-0.2, 0) is 4.74 Å². The number of carbonyl (C=O) groups is 1. The van der Waals surface area contributed by atoms with Gasteiger partial charge in [-0.1, -0.05) is 0 Å². The van der Waals surface area contributed by atoms with Crippen molar-refractivity contribution in [2.45, 2.75) is 18.9 Å². The van der Waals surface area contributed by atoms with Crippen LogP contribution in [0.1, 0.15) is 23.2 Å². The summed E-state index contributed by atoms with van der Waals surface area (Å²) in [6, 6.07) is 17.1. The Labute approximate surface area is 189 Å². The van der Waals surface area contributed by atoms with E-state index in [0.29, 0.717) is 45.7 Å². The van der Waals surface area contributed by atoms with Crippen molar-refractivity contribution in [2.24, 2.45) is 0 Å². The fraction of sp³-hybridized carbons (Fsp3) is 0.192. The third-order valence-corrected chi connectivity index (χ3v) is 5.68. The van der Waals surface area contributed by atoms with Crippen LogP contribution in [-0.4, -0.2) is 35.1 Å². The van der Waals surface area contributed by atoms with Gasteiger partial charge < -0.3 is 10.1 Å². The van der Waals surface area contributed by atoms with Crippen LogP contribution in [0.2, 0.25) is 0 Å². The van der Waals surface area contributed by atoms with Crippen molar-refractivity contribution in [1.29, 1.82) is 0 Å². The molecule has 0 saturated carbocycles. The highest BCUT2D eigenvalue weighted by Gasteiger charge is 2.18. The largest absolute Gasteiger partial charge is 0.376 e. The quantitative estimate of drug-likeness (QED) is 0.461. The maximum absolute atomic E-state index is 13.5. The number of ether oxygens (including phenoxy) is 1. The Morgan fingerprint density at radius 2 is 1.48 bits per heavy atom. The standard InChI is InChI=1S/C26H21F2N3O2/c27-19-8-3-16(4-9-19)24-25(17-5-10-20(28)11-6-17)31-23-14-18(7-12-22(23)30-24)26(32)29-15-21-2-1-13-33-21/h3-12,14,21H,1-2,13,15H2,(H,29,32). The number of aromatic nitrogens is 2. The molecule has 5 rings (SSSR count). The minimum absolute atomic E-state index is 0.0533. The molecule has 166 valence electrons. The molecule has 2 heterocycles. The first-order valence-corrected chi connectivity index (χ1v) is 10.8. The predicted octanol–water partition coefficient (Wildman–Crippen LogP) is 5.15. The van der Waals surface area contributed by atoms with Crippen LogP contribution in [0, 0.1) is 11.6 Å². The number of nitrogens with one attached hydrogen (secondary N) is 1. The molecule has 3 aromatic carbocycles. The first kappa shape index (κ1) is 21.2. The van der Waals surface area contributed by atoms with Gasteiger partial charge in [0.25, 0.3) is 5.91 Å². The summed E-state index contributed by atoms with van der Waals surface area (Å²) in [6.07, 6.45) is 2.00. The van der Waals surface area contributed by atoms with Gasteiger partial charge in [0.2, 0.25) is 0 Å². The fourth-order valence-corrected chi connectivity index (χ4v) is 3.93. The smallest absolute Gasteiger partial charge is 0.251 e. The summed E-state index contributed by atoms with van der Waals surface area (Å²) in [5.41, 5.74) is 4.01. The van der Waals surface area contributed by atoms with Crippen LogP contribution in [0.25, 0.3) is 33.5 Å². The number of fused-ring (bicyclic) bond motifs is 1. The normalized spacial score (nSPS) is 15.6. The molecular formula is C26H21F2N3O2. The average molecular weight is 445 g/mol. The van der Waals surface area contributed by atoms with E-state index in [4.69, 9.17) is 14.7 Å². The number of hydrogen-bond donors (Lipinski definition) is 1. The summed E-state index contributed by atoms with van der Waals surface area (Å²) in [6.45, 7) is 1.20. The summed E-state index contributed by atoms with van der Waals surface area (Å²) in [5.74, 6) is -0.921. The number of nitrogens with zero attached hydrogens (tertiary/aromatic N) is 2. The molecule has 0 aliphatic carbocycles. The van der Waals surface area contributed by atoms with Crippen LogP contribution in [0.5, 0.6) is 0 Å². The molecule has 1 aliphatic rings. The number of carbonyl (C=O) groups excluding carboxylic acids is 1. The van der Waals surface area contributed by atoms with Gasteiger partial charge in [0.1, 0.15) is 11.6 Å². The van der Waals surface area contributed by atoms with E-state index in [0.717, 1.165) is 19.4 Å². The third kappa shape index (κ3) is 4.59. The summed E-state index contributed by atoms with van der Waals surface area (Å²) in [7, 11) is 0. The van der Waals surface area contributed by atoms with Crippen molar-refractivity contribution in [3.8, 4) is 22.5 Å². The van der Waals surface area contributed by atoms with E-state index >= 15 is 0 Å². The Hall–Kier alpha value is -3.71. The van der Waals surface area contributed by atoms with Crippen LogP contribution in [0.3, 0.4) is 0 Å². The van der Waals surface area contributed by atoms with Gasteiger partial charge in [-0.2, -0.15) is 0 Å². The lowest BCUT2D eigenvalue weighted by Gasteiger charge is -2.13. The predicted molar refractivity (Wildman–Crippen MR) is 122 cm³/mol. The van der Waals surface area contributed by atoms with E-state index in [1.807, 2.05) is 0 Å². The molecule has 1 aliphatic heterocycles. The first-order valence-electron chi connectivity index (χ1n) is 10.8. The molecule has 0 spiro atoms. The van der Waals surface area contributed by atoms with Gasteiger partial charge in [-0.05, 0) is 79.6 Å². The van der Waals surface area contributed by atoms with E-state index in [9.17, 15) is 13.6 Å². The number of amides is 1. The molecule has 7 heteroatoms. The molecular weight excluding hydrogens is 424 g/mol. The van der Waals surface area contributed by atoms with Gasteiger partial charge in [-0.15, -0.1) is 0 Å². The number of rotatable bonds is 5. The van der Waals surface area contributed by atoms with Crippen molar-refractivity contribution >= 4 is 16.9 Å². The molecule has 33 heavy (non-hydrogen) atoms. The second kappa shape index (κ2) is 9.03. The van der Waals surface area contributed by atoms with Crippen molar-refractivity contribution in [1.82, 2.24) is 15.3 Å². The van der Waals surface area contributed by atoms with Crippen LogP contribution >= 0.6 is 0 Å². The summed E-state index contributed by atoms with van der Waals surface area (Å²) in [4.78, 5) is 22.2. The highest BCUT2D eigenvalue weighted by molar-refractivity contribution is 5.98. The average Bonchev–Trinajstić information content (AvgIpc) is 3.36. The summed E-state index contributed by atoms with van der Waals surface area (Å²) < 4.78 is 32.6. The highest BCUT2D eigenvalue weighted by Crippen LogP contribution is 2.31. The molecule has 5 nitrogen and oxygen atoms in total. The second-order valence-corrected chi connectivity index (χ2v) is 7.98. The maximum atomic E-state index is 13.5. The lowest BCUT2D eigenvalue weighted by Crippen LogP contribution is -2.31. The van der Waals surface area contributed by atoms with Gasteiger partial charge in [0.05, 0.1) is 28.5 Å². The van der Waals surface area contributed by atoms with Crippen molar-refractivity contribution in [2.75, 3.05) is 13.2 Å². The zero-order valence-electron chi connectivity index (χ0n) is 17.7. The van der Waals surface area contributed by atoms with Gasteiger partial charge in [-0.25, -0.2) is 18.7 Å². The zero-order valence-corrected chi connectivity index (χ0v) is 17.7. The molecule has 1 atom stereocenters. The third-order valence-electron chi connectivity index (χ3n) is 5.68. The Bertz CT molecular complexity index is 1300. The van der Waals surface area contributed by atoms with E-state index < -0.39 is 0 Å². The van der Waals surface area contributed by atoms with Crippen molar-refractivity contribution < 1.29 is 18.3 Å². The van der Waals surface area contributed by atoms with E-state index in [2.05, 4.69) is 5.32 Å². The minimum atomic E-state index is -0.360. The van der Waals surface area contributed by atoms with Gasteiger partial charge in [0, 0.05) is 29.8 Å². The lowest BCUT2D eigenvalue weighted by atomic mass is 10.0. The summed E-state index contributed by atoms with van der Waals surface area (Å²) >= 11 is 0. The number of hydrogen-bond acceptors (Lipinski definition) is 4. The van der Waals surface area contributed by atoms with Crippen LogP contribution < -0.4 is 5.32 Å². The second-order valence-electron chi connectivity index (χ2n) is 7.98. The van der Waals surface area contributed by atoms with E-state index in [1.54, 1.807) is 42.5 Å². The molecule has 1 unspecified atom stereocenters.